The van der Waals surface area contributed by atoms with E-state index in [4.69, 9.17) is 0 Å². The summed E-state index contributed by atoms with van der Waals surface area (Å²) in [7, 11) is 0. The highest BCUT2D eigenvalue weighted by Gasteiger charge is 2.35. The molecule has 0 aliphatic carbocycles. The number of benzene rings is 1. The van der Waals surface area contributed by atoms with Crippen LogP contribution in [0.15, 0.2) is 36.5 Å². The van der Waals surface area contributed by atoms with E-state index in [0.29, 0.717) is 6.54 Å². The lowest BCUT2D eigenvalue weighted by Gasteiger charge is -2.16. The van der Waals surface area contributed by atoms with Gasteiger partial charge in [0.25, 0.3) is 0 Å². The van der Waals surface area contributed by atoms with Crippen molar-refractivity contribution in [3.8, 4) is 0 Å². The van der Waals surface area contributed by atoms with Crippen molar-refractivity contribution >= 4 is 23.5 Å². The third kappa shape index (κ3) is 3.36. The lowest BCUT2D eigenvalue weighted by Crippen LogP contribution is -2.28. The predicted octanol–water partition coefficient (Wildman–Crippen LogP) is 2.09. The molecule has 1 fully saturated rings. The number of amides is 2. The van der Waals surface area contributed by atoms with Crippen LogP contribution in [0, 0.1) is 19.8 Å². The van der Waals surface area contributed by atoms with Crippen molar-refractivity contribution in [2.75, 3.05) is 16.8 Å². The quantitative estimate of drug-likeness (QED) is 0.942. The highest BCUT2D eigenvalue weighted by molar-refractivity contribution is 6.03. The summed E-state index contributed by atoms with van der Waals surface area (Å²) in [4.78, 5) is 34.3. The summed E-state index contributed by atoms with van der Waals surface area (Å²) in [6, 6.07) is 9.47. The smallest absolute Gasteiger partial charge is 0.232 e. The number of aryl methyl sites for hydroxylation is 2. The molecule has 6 nitrogen and oxygen atoms in total. The van der Waals surface area contributed by atoms with Crippen LogP contribution in [0.2, 0.25) is 0 Å². The Hall–Kier alpha value is -2.76. The Labute approximate surface area is 134 Å². The van der Waals surface area contributed by atoms with E-state index in [1.54, 1.807) is 17.2 Å². The third-order valence-corrected chi connectivity index (χ3v) is 3.87. The van der Waals surface area contributed by atoms with Crippen LogP contribution >= 0.6 is 0 Å². The maximum Gasteiger partial charge on any atom is 0.232 e. The van der Waals surface area contributed by atoms with Gasteiger partial charge in [-0.15, -0.1) is 0 Å². The molecule has 0 spiro atoms. The second-order valence-corrected chi connectivity index (χ2v) is 5.75. The Bertz CT molecular complexity index is 743. The Balaban J connectivity index is 1.69. The fraction of sp³-hybridized carbons (Fsp3) is 0.294. The van der Waals surface area contributed by atoms with Crippen molar-refractivity contribution in [3.63, 3.8) is 0 Å². The van der Waals surface area contributed by atoms with Gasteiger partial charge in [-0.05, 0) is 32.0 Å². The number of carbonyl (C=O) groups is 2. The summed E-state index contributed by atoms with van der Waals surface area (Å²) < 4.78 is 0. The summed E-state index contributed by atoms with van der Waals surface area (Å²) >= 11 is 0. The molecule has 6 heteroatoms. The van der Waals surface area contributed by atoms with E-state index in [1.807, 2.05) is 38.1 Å². The van der Waals surface area contributed by atoms with Crippen LogP contribution in [0.25, 0.3) is 0 Å². The molecule has 1 unspecified atom stereocenters. The zero-order chi connectivity index (χ0) is 16.4. The topological polar surface area (TPSA) is 75.2 Å². The van der Waals surface area contributed by atoms with Gasteiger partial charge in [0.2, 0.25) is 17.8 Å². The van der Waals surface area contributed by atoms with Crippen LogP contribution in [-0.4, -0.2) is 28.3 Å². The molecule has 1 atom stereocenters. The molecule has 1 aliphatic heterocycles. The van der Waals surface area contributed by atoms with E-state index in [1.165, 1.54) is 0 Å². The van der Waals surface area contributed by atoms with E-state index in [0.717, 1.165) is 16.9 Å². The number of hydrogen-bond donors (Lipinski definition) is 1. The van der Waals surface area contributed by atoms with Gasteiger partial charge in [0, 0.05) is 30.5 Å². The summed E-state index contributed by atoms with van der Waals surface area (Å²) in [5, 5.41) is 2.69. The molecule has 1 aromatic carbocycles. The summed E-state index contributed by atoms with van der Waals surface area (Å²) in [5.41, 5.74) is 2.73. The maximum absolute atomic E-state index is 12.3. The van der Waals surface area contributed by atoms with Gasteiger partial charge in [-0.25, -0.2) is 9.97 Å². The second kappa shape index (κ2) is 6.16. The molecule has 0 saturated carbocycles. The van der Waals surface area contributed by atoms with Crippen LogP contribution in [0.4, 0.5) is 11.6 Å². The van der Waals surface area contributed by atoms with Gasteiger partial charge in [0.15, 0.2) is 0 Å². The average molecular weight is 310 g/mol. The van der Waals surface area contributed by atoms with Crippen LogP contribution < -0.4 is 10.2 Å². The van der Waals surface area contributed by atoms with Crippen LogP contribution in [-0.2, 0) is 9.59 Å². The van der Waals surface area contributed by atoms with E-state index in [2.05, 4.69) is 15.3 Å². The van der Waals surface area contributed by atoms with Crippen LogP contribution in [0.5, 0.6) is 0 Å². The molecule has 0 bridgehead atoms. The van der Waals surface area contributed by atoms with Crippen molar-refractivity contribution < 1.29 is 9.59 Å². The predicted molar refractivity (Wildman–Crippen MR) is 87.0 cm³/mol. The lowest BCUT2D eigenvalue weighted by molar-refractivity contribution is -0.122. The van der Waals surface area contributed by atoms with Gasteiger partial charge < -0.3 is 4.90 Å². The zero-order valence-electron chi connectivity index (χ0n) is 13.1. The standard InChI is InChI=1S/C17H18N4O2/c1-11-3-5-14(6-4-11)21-10-13(9-15(21)22)16(23)20-17-18-8-7-12(2)19-17/h3-8,13H,9-10H2,1-2H3,(H,18,19,20,23). The first-order valence-electron chi connectivity index (χ1n) is 7.50. The highest BCUT2D eigenvalue weighted by Crippen LogP contribution is 2.26. The second-order valence-electron chi connectivity index (χ2n) is 5.75. The molecule has 2 heterocycles. The van der Waals surface area contributed by atoms with Gasteiger partial charge in [-0.3, -0.25) is 14.9 Å². The summed E-state index contributed by atoms with van der Waals surface area (Å²) in [6.07, 6.45) is 1.79. The average Bonchev–Trinajstić information content (AvgIpc) is 2.90. The molecule has 1 aromatic heterocycles. The van der Waals surface area contributed by atoms with Crippen molar-refractivity contribution in [2.45, 2.75) is 20.3 Å². The molecule has 3 rings (SSSR count). The molecular weight excluding hydrogens is 292 g/mol. The van der Waals surface area contributed by atoms with E-state index >= 15 is 0 Å². The van der Waals surface area contributed by atoms with Crippen molar-refractivity contribution in [1.29, 1.82) is 0 Å². The summed E-state index contributed by atoms with van der Waals surface area (Å²) in [5.74, 6) is -0.387. The fourth-order valence-electron chi connectivity index (χ4n) is 2.58. The minimum atomic E-state index is -0.395. The third-order valence-electron chi connectivity index (χ3n) is 3.87. The Kier molecular flexibility index (Phi) is 4.06. The van der Waals surface area contributed by atoms with Gasteiger partial charge in [-0.1, -0.05) is 17.7 Å². The number of hydrogen-bond acceptors (Lipinski definition) is 4. The van der Waals surface area contributed by atoms with E-state index in [9.17, 15) is 9.59 Å². The molecule has 2 amide bonds. The Morgan fingerprint density at radius 2 is 1.96 bits per heavy atom. The number of nitrogens with zero attached hydrogens (tertiary/aromatic N) is 3. The fourth-order valence-corrected chi connectivity index (χ4v) is 2.58. The minimum Gasteiger partial charge on any atom is -0.312 e. The van der Waals surface area contributed by atoms with Crippen LogP contribution in [0.3, 0.4) is 0 Å². The highest BCUT2D eigenvalue weighted by atomic mass is 16.2. The molecular formula is C17H18N4O2. The zero-order valence-corrected chi connectivity index (χ0v) is 13.1. The number of aromatic nitrogens is 2. The number of rotatable bonds is 3. The Morgan fingerprint density at radius 3 is 2.65 bits per heavy atom. The minimum absolute atomic E-state index is 0.0424. The largest absolute Gasteiger partial charge is 0.312 e. The van der Waals surface area contributed by atoms with Gasteiger partial charge in [0.1, 0.15) is 0 Å². The Morgan fingerprint density at radius 1 is 1.22 bits per heavy atom. The molecule has 118 valence electrons. The molecule has 1 saturated heterocycles. The van der Waals surface area contributed by atoms with Gasteiger partial charge in [0.05, 0.1) is 5.92 Å². The number of nitrogens with one attached hydrogen (secondary N) is 1. The van der Waals surface area contributed by atoms with Crippen molar-refractivity contribution in [2.24, 2.45) is 5.92 Å². The number of carbonyl (C=O) groups excluding carboxylic acids is 2. The molecule has 0 radical (unpaired) electrons. The van der Waals surface area contributed by atoms with Gasteiger partial charge >= 0.3 is 0 Å². The van der Waals surface area contributed by atoms with Crippen molar-refractivity contribution in [3.05, 3.63) is 47.8 Å². The first-order valence-corrected chi connectivity index (χ1v) is 7.50. The van der Waals surface area contributed by atoms with Gasteiger partial charge in [-0.2, -0.15) is 0 Å². The SMILES string of the molecule is Cc1ccc(N2CC(C(=O)Nc3nccc(C)n3)CC2=O)cc1. The molecule has 1 aliphatic rings. The molecule has 2 aromatic rings. The first-order chi connectivity index (χ1) is 11.0. The summed E-state index contributed by atoms with van der Waals surface area (Å²) in [6.45, 7) is 4.20. The monoisotopic (exact) mass is 310 g/mol. The first kappa shape index (κ1) is 15.1. The van der Waals surface area contributed by atoms with E-state index in [-0.39, 0.29) is 24.2 Å². The van der Waals surface area contributed by atoms with Crippen LogP contribution in [0.1, 0.15) is 17.7 Å². The maximum atomic E-state index is 12.3. The van der Waals surface area contributed by atoms with Crippen molar-refractivity contribution in [1.82, 2.24) is 9.97 Å². The molecule has 23 heavy (non-hydrogen) atoms. The lowest BCUT2D eigenvalue weighted by atomic mass is 10.1. The van der Waals surface area contributed by atoms with E-state index < -0.39 is 5.92 Å². The normalized spacial score (nSPS) is 17.4. The number of anilines is 2. The molecule has 1 N–H and O–H groups in total.